The number of amides is 1. The summed E-state index contributed by atoms with van der Waals surface area (Å²) in [5.74, 6) is -0.332. The van der Waals surface area contributed by atoms with Crippen LogP contribution in [0.5, 0.6) is 5.75 Å². The Morgan fingerprint density at radius 1 is 1.37 bits per heavy atom. The molecule has 1 atom stereocenters. The first-order chi connectivity index (χ1) is 8.79. The molecule has 1 aromatic carbocycles. The molecule has 0 heterocycles. The molecule has 0 spiro atoms. The fraction of sp³-hybridized carbons (Fsp3) is 0.364. The third kappa shape index (κ3) is 5.93. The lowest BCUT2D eigenvalue weighted by Gasteiger charge is -2.15. The van der Waals surface area contributed by atoms with Crippen molar-refractivity contribution in [3.63, 3.8) is 0 Å². The minimum Gasteiger partial charge on any atom is -0.484 e. The van der Waals surface area contributed by atoms with E-state index >= 15 is 0 Å². The van der Waals surface area contributed by atoms with Gasteiger partial charge >= 0.3 is 6.18 Å². The molecule has 1 aromatic rings. The first kappa shape index (κ1) is 15.8. The Labute approximate surface area is 115 Å². The van der Waals surface area contributed by atoms with E-state index in [0.717, 1.165) is 4.47 Å². The first-order valence-electron chi connectivity index (χ1n) is 5.19. The van der Waals surface area contributed by atoms with E-state index in [1.54, 1.807) is 24.3 Å². The molecule has 1 rings (SSSR count). The molecule has 0 aliphatic heterocycles. The first-order valence-corrected chi connectivity index (χ1v) is 5.98. The number of aliphatic hydroxyl groups is 1. The number of ether oxygens (including phenoxy) is 1. The molecule has 19 heavy (non-hydrogen) atoms. The summed E-state index contributed by atoms with van der Waals surface area (Å²) >= 11 is 3.22. The van der Waals surface area contributed by atoms with Crippen molar-refractivity contribution in [2.24, 2.45) is 0 Å². The third-order valence-corrected chi connectivity index (χ3v) is 2.58. The zero-order valence-corrected chi connectivity index (χ0v) is 11.2. The van der Waals surface area contributed by atoms with Gasteiger partial charge in [0.05, 0.1) is 6.54 Å². The molecule has 0 aromatic heterocycles. The van der Waals surface area contributed by atoms with Crippen molar-refractivity contribution in [3.8, 4) is 5.75 Å². The molecule has 0 saturated heterocycles. The summed E-state index contributed by atoms with van der Waals surface area (Å²) in [6, 6.07) is 6.59. The van der Waals surface area contributed by atoms with E-state index in [1.165, 1.54) is 0 Å². The Kier molecular flexibility index (Phi) is 5.61. The lowest BCUT2D eigenvalue weighted by atomic mass is 10.3. The van der Waals surface area contributed by atoms with Crippen molar-refractivity contribution >= 4 is 21.8 Å². The molecular formula is C11H11BrF3NO3. The quantitative estimate of drug-likeness (QED) is 0.859. The highest BCUT2D eigenvalue weighted by atomic mass is 79.9. The van der Waals surface area contributed by atoms with Crippen molar-refractivity contribution in [2.75, 3.05) is 13.2 Å². The molecule has 8 heteroatoms. The van der Waals surface area contributed by atoms with E-state index in [4.69, 9.17) is 9.84 Å². The van der Waals surface area contributed by atoms with Crippen molar-refractivity contribution in [3.05, 3.63) is 28.7 Å². The van der Waals surface area contributed by atoms with E-state index in [-0.39, 0.29) is 0 Å². The van der Waals surface area contributed by atoms with Crippen molar-refractivity contribution in [1.29, 1.82) is 0 Å². The number of halogens is 4. The Balaban J connectivity index is 2.30. The van der Waals surface area contributed by atoms with Crippen LogP contribution < -0.4 is 10.1 Å². The molecule has 0 bridgehead atoms. The molecule has 4 nitrogen and oxygen atoms in total. The maximum absolute atomic E-state index is 12.0. The van der Waals surface area contributed by atoms with E-state index in [0.29, 0.717) is 5.75 Å². The van der Waals surface area contributed by atoms with Crippen LogP contribution in [0.2, 0.25) is 0 Å². The van der Waals surface area contributed by atoms with Gasteiger partial charge in [0, 0.05) is 4.47 Å². The van der Waals surface area contributed by atoms with Crippen LogP contribution >= 0.6 is 15.9 Å². The number of nitrogens with one attached hydrogen (secondary N) is 1. The summed E-state index contributed by atoms with van der Waals surface area (Å²) < 4.78 is 41.7. The minimum absolute atomic E-state index is 0.412. The maximum atomic E-state index is 12.0. The minimum atomic E-state index is -4.75. The molecule has 0 fully saturated rings. The van der Waals surface area contributed by atoms with Gasteiger partial charge in [0.25, 0.3) is 5.91 Å². The molecule has 0 aliphatic carbocycles. The van der Waals surface area contributed by atoms with Gasteiger partial charge in [-0.2, -0.15) is 13.2 Å². The van der Waals surface area contributed by atoms with Gasteiger partial charge in [0.15, 0.2) is 12.7 Å². The predicted molar refractivity (Wildman–Crippen MR) is 64.7 cm³/mol. The summed E-state index contributed by atoms with van der Waals surface area (Å²) in [4.78, 5) is 11.2. The Morgan fingerprint density at radius 3 is 2.47 bits per heavy atom. The zero-order valence-electron chi connectivity index (χ0n) is 9.58. The lowest BCUT2D eigenvalue weighted by Crippen LogP contribution is -2.42. The van der Waals surface area contributed by atoms with Crippen LogP contribution in [0, 0.1) is 0 Å². The number of hydrogen-bond donors (Lipinski definition) is 2. The highest BCUT2D eigenvalue weighted by molar-refractivity contribution is 9.10. The van der Waals surface area contributed by atoms with Crippen LogP contribution in [0.25, 0.3) is 0 Å². The molecule has 1 unspecified atom stereocenters. The normalized spacial score (nSPS) is 12.9. The average molecular weight is 342 g/mol. The second-order valence-corrected chi connectivity index (χ2v) is 4.52. The fourth-order valence-electron chi connectivity index (χ4n) is 1.06. The van der Waals surface area contributed by atoms with Gasteiger partial charge in [-0.05, 0) is 24.3 Å². The monoisotopic (exact) mass is 341 g/mol. The SMILES string of the molecule is O=C(COc1ccc(Br)cc1)NCC(O)C(F)(F)F. The van der Waals surface area contributed by atoms with E-state index in [9.17, 15) is 18.0 Å². The smallest absolute Gasteiger partial charge is 0.416 e. The van der Waals surface area contributed by atoms with Gasteiger partial charge in [0.1, 0.15) is 5.75 Å². The van der Waals surface area contributed by atoms with E-state index in [1.807, 2.05) is 5.32 Å². The topological polar surface area (TPSA) is 58.6 Å². The third-order valence-electron chi connectivity index (χ3n) is 2.05. The van der Waals surface area contributed by atoms with Gasteiger partial charge in [-0.25, -0.2) is 0 Å². The molecular weight excluding hydrogens is 331 g/mol. The van der Waals surface area contributed by atoms with Gasteiger partial charge < -0.3 is 15.2 Å². The molecule has 0 saturated carbocycles. The molecule has 0 aliphatic rings. The summed E-state index contributed by atoms with van der Waals surface area (Å²) in [6.07, 6.45) is -7.33. The van der Waals surface area contributed by atoms with Crippen LogP contribution in [0.1, 0.15) is 0 Å². The Hall–Kier alpha value is -1.28. The number of carbonyl (C=O) groups excluding carboxylic acids is 1. The molecule has 106 valence electrons. The molecule has 0 radical (unpaired) electrons. The van der Waals surface area contributed by atoms with Gasteiger partial charge in [-0.15, -0.1) is 0 Å². The number of benzene rings is 1. The van der Waals surface area contributed by atoms with Crippen molar-refractivity contribution in [1.82, 2.24) is 5.32 Å². The standard InChI is InChI=1S/C11H11BrF3NO3/c12-7-1-3-8(4-2-7)19-6-10(18)16-5-9(17)11(13,14)15/h1-4,9,17H,5-6H2,(H,16,18). The maximum Gasteiger partial charge on any atom is 0.416 e. The Bertz CT molecular complexity index is 422. The number of carbonyl (C=O) groups is 1. The molecule has 1 amide bonds. The van der Waals surface area contributed by atoms with Crippen LogP contribution in [0.15, 0.2) is 28.7 Å². The van der Waals surface area contributed by atoms with Crippen molar-refractivity contribution < 1.29 is 27.8 Å². The van der Waals surface area contributed by atoms with Crippen LogP contribution in [0.3, 0.4) is 0 Å². The lowest BCUT2D eigenvalue weighted by molar-refractivity contribution is -0.201. The van der Waals surface area contributed by atoms with Crippen LogP contribution in [-0.4, -0.2) is 36.4 Å². The largest absolute Gasteiger partial charge is 0.484 e. The number of alkyl halides is 3. The predicted octanol–water partition coefficient (Wildman–Crippen LogP) is 1.87. The number of hydrogen-bond acceptors (Lipinski definition) is 3. The highest BCUT2D eigenvalue weighted by Gasteiger charge is 2.38. The van der Waals surface area contributed by atoms with Crippen LogP contribution in [0.4, 0.5) is 13.2 Å². The molecule has 2 N–H and O–H groups in total. The summed E-state index contributed by atoms with van der Waals surface area (Å²) in [5.41, 5.74) is 0. The summed E-state index contributed by atoms with van der Waals surface area (Å²) in [5, 5.41) is 10.6. The second-order valence-electron chi connectivity index (χ2n) is 3.60. The van der Waals surface area contributed by atoms with Crippen molar-refractivity contribution in [2.45, 2.75) is 12.3 Å². The average Bonchev–Trinajstić information content (AvgIpc) is 2.34. The van der Waals surface area contributed by atoms with E-state index < -0.39 is 31.3 Å². The van der Waals surface area contributed by atoms with Gasteiger partial charge in [-0.1, -0.05) is 15.9 Å². The van der Waals surface area contributed by atoms with Gasteiger partial charge in [-0.3, -0.25) is 4.79 Å². The van der Waals surface area contributed by atoms with Gasteiger partial charge in [0.2, 0.25) is 0 Å². The van der Waals surface area contributed by atoms with E-state index in [2.05, 4.69) is 15.9 Å². The number of aliphatic hydroxyl groups excluding tert-OH is 1. The van der Waals surface area contributed by atoms with Crippen LogP contribution in [-0.2, 0) is 4.79 Å². The fourth-order valence-corrected chi connectivity index (χ4v) is 1.32. The zero-order chi connectivity index (χ0) is 14.5. The highest BCUT2D eigenvalue weighted by Crippen LogP contribution is 2.19. The second kappa shape index (κ2) is 6.76. The Morgan fingerprint density at radius 2 is 1.95 bits per heavy atom. The number of rotatable bonds is 5. The summed E-state index contributed by atoms with van der Waals surface area (Å²) in [7, 11) is 0. The summed E-state index contributed by atoms with van der Waals surface area (Å²) in [6.45, 7) is -1.32.